The van der Waals surface area contributed by atoms with E-state index in [1.165, 1.54) is 0 Å². The lowest BCUT2D eigenvalue weighted by Gasteiger charge is -2.38. The summed E-state index contributed by atoms with van der Waals surface area (Å²) >= 11 is 0. The zero-order valence-corrected chi connectivity index (χ0v) is 10.4. The number of aromatic nitrogens is 2. The van der Waals surface area contributed by atoms with Crippen LogP contribution in [0.3, 0.4) is 0 Å². The second-order valence-electron chi connectivity index (χ2n) is 5.19. The normalized spacial score (nSPS) is 16.5. The number of rotatable bonds is 1. The van der Waals surface area contributed by atoms with Gasteiger partial charge in [0.1, 0.15) is 11.4 Å². The minimum absolute atomic E-state index is 0.240. The lowest BCUT2D eigenvalue weighted by molar-refractivity contribution is 0.00752. The van der Waals surface area contributed by atoms with Gasteiger partial charge < -0.3 is 9.64 Å². The summed E-state index contributed by atoms with van der Waals surface area (Å²) in [6, 6.07) is 1.79. The van der Waals surface area contributed by atoms with Crippen molar-refractivity contribution in [2.45, 2.75) is 32.3 Å². The van der Waals surface area contributed by atoms with Gasteiger partial charge >= 0.3 is 6.09 Å². The number of nitrogens with zero attached hydrogens (tertiary/aromatic N) is 3. The third-order valence-electron chi connectivity index (χ3n) is 2.48. The topological polar surface area (TPSA) is 55.3 Å². The average molecular weight is 235 g/mol. The molecule has 0 bridgehead atoms. The van der Waals surface area contributed by atoms with Crippen molar-refractivity contribution in [3.63, 3.8) is 0 Å². The number of carbonyl (C=O) groups excluding carboxylic acids is 1. The molecule has 5 nitrogen and oxygen atoms in total. The molecule has 92 valence electrons. The van der Waals surface area contributed by atoms with Crippen LogP contribution < -0.4 is 0 Å². The molecule has 0 spiro atoms. The molecule has 1 aromatic heterocycles. The first-order chi connectivity index (χ1) is 7.96. The Hall–Kier alpha value is -1.65. The van der Waals surface area contributed by atoms with E-state index in [0.717, 1.165) is 5.82 Å². The molecular formula is C12H17N3O2. The second kappa shape index (κ2) is 4.31. The Bertz CT molecular complexity index is 394. The van der Waals surface area contributed by atoms with Crippen molar-refractivity contribution < 1.29 is 9.53 Å². The van der Waals surface area contributed by atoms with Crippen LogP contribution in [0.2, 0.25) is 0 Å². The van der Waals surface area contributed by atoms with Crippen molar-refractivity contribution in [2.24, 2.45) is 0 Å². The molecule has 0 radical (unpaired) electrons. The number of ether oxygens (including phenoxy) is 1. The van der Waals surface area contributed by atoms with Crippen molar-refractivity contribution in [2.75, 3.05) is 13.1 Å². The Kier molecular flexibility index (Phi) is 3.00. The van der Waals surface area contributed by atoms with Gasteiger partial charge in [0.25, 0.3) is 0 Å². The van der Waals surface area contributed by atoms with Gasteiger partial charge in [0, 0.05) is 25.5 Å². The van der Waals surface area contributed by atoms with E-state index in [1.54, 1.807) is 23.4 Å². The Labute approximate surface area is 101 Å². The third kappa shape index (κ3) is 2.93. The SMILES string of the molecule is CC(C)(C)OC(=O)N1CC(c2ncccn2)C1. The Morgan fingerprint density at radius 3 is 2.47 bits per heavy atom. The summed E-state index contributed by atoms with van der Waals surface area (Å²) in [5, 5.41) is 0. The van der Waals surface area contributed by atoms with Gasteiger partial charge in [-0.15, -0.1) is 0 Å². The van der Waals surface area contributed by atoms with E-state index < -0.39 is 5.60 Å². The van der Waals surface area contributed by atoms with Crippen LogP contribution in [0.4, 0.5) is 4.79 Å². The summed E-state index contributed by atoms with van der Waals surface area (Å²) < 4.78 is 5.27. The highest BCUT2D eigenvalue weighted by atomic mass is 16.6. The first kappa shape index (κ1) is 11.8. The second-order valence-corrected chi connectivity index (χ2v) is 5.19. The molecule has 1 fully saturated rings. The predicted molar refractivity (Wildman–Crippen MR) is 62.6 cm³/mol. The highest BCUT2D eigenvalue weighted by Crippen LogP contribution is 2.25. The summed E-state index contributed by atoms with van der Waals surface area (Å²) in [7, 11) is 0. The van der Waals surface area contributed by atoms with Crippen LogP contribution in [0.1, 0.15) is 32.5 Å². The number of likely N-dealkylation sites (tertiary alicyclic amines) is 1. The quantitative estimate of drug-likeness (QED) is 0.745. The van der Waals surface area contributed by atoms with E-state index in [9.17, 15) is 4.79 Å². The van der Waals surface area contributed by atoms with E-state index in [2.05, 4.69) is 9.97 Å². The van der Waals surface area contributed by atoms with Gasteiger partial charge in [-0.2, -0.15) is 0 Å². The third-order valence-corrected chi connectivity index (χ3v) is 2.48. The van der Waals surface area contributed by atoms with Crippen molar-refractivity contribution >= 4 is 6.09 Å². The molecule has 5 heteroatoms. The van der Waals surface area contributed by atoms with Gasteiger partial charge in [-0.3, -0.25) is 0 Å². The zero-order valence-electron chi connectivity index (χ0n) is 10.4. The minimum Gasteiger partial charge on any atom is -0.444 e. The Morgan fingerprint density at radius 1 is 1.35 bits per heavy atom. The van der Waals surface area contributed by atoms with Crippen LogP contribution in [0.25, 0.3) is 0 Å². The fourth-order valence-electron chi connectivity index (χ4n) is 1.64. The van der Waals surface area contributed by atoms with Gasteiger partial charge in [0.2, 0.25) is 0 Å². The molecule has 17 heavy (non-hydrogen) atoms. The Morgan fingerprint density at radius 2 is 1.94 bits per heavy atom. The monoisotopic (exact) mass is 235 g/mol. The average Bonchev–Trinajstić information content (AvgIpc) is 2.14. The number of hydrogen-bond acceptors (Lipinski definition) is 4. The summed E-state index contributed by atoms with van der Waals surface area (Å²) in [4.78, 5) is 21.7. The van der Waals surface area contributed by atoms with Crippen LogP contribution in [-0.4, -0.2) is 39.7 Å². The predicted octanol–water partition coefficient (Wildman–Crippen LogP) is 1.81. The smallest absolute Gasteiger partial charge is 0.410 e. The summed E-state index contributed by atoms with van der Waals surface area (Å²) in [6.07, 6.45) is 3.18. The van der Waals surface area contributed by atoms with Gasteiger partial charge in [-0.05, 0) is 26.8 Å². The van der Waals surface area contributed by atoms with Gasteiger partial charge in [0.05, 0.1) is 5.92 Å². The molecule has 1 aromatic rings. The first-order valence-electron chi connectivity index (χ1n) is 5.70. The Balaban J connectivity index is 1.85. The van der Waals surface area contributed by atoms with Crippen LogP contribution in [0, 0.1) is 0 Å². The highest BCUT2D eigenvalue weighted by molar-refractivity contribution is 5.69. The van der Waals surface area contributed by atoms with Crippen LogP contribution in [0.15, 0.2) is 18.5 Å². The molecule has 1 amide bonds. The first-order valence-corrected chi connectivity index (χ1v) is 5.70. The molecule has 0 aliphatic carbocycles. The van der Waals surface area contributed by atoms with Crippen molar-refractivity contribution in [3.05, 3.63) is 24.3 Å². The maximum absolute atomic E-state index is 11.7. The maximum atomic E-state index is 11.7. The lowest BCUT2D eigenvalue weighted by atomic mass is 10.00. The minimum atomic E-state index is -0.439. The number of carbonyl (C=O) groups is 1. The lowest BCUT2D eigenvalue weighted by Crippen LogP contribution is -2.50. The van der Waals surface area contributed by atoms with E-state index >= 15 is 0 Å². The highest BCUT2D eigenvalue weighted by Gasteiger charge is 2.35. The fraction of sp³-hybridized carbons (Fsp3) is 0.583. The molecule has 0 aromatic carbocycles. The van der Waals surface area contributed by atoms with Gasteiger partial charge in [0.15, 0.2) is 0 Å². The molecule has 0 N–H and O–H groups in total. The number of hydrogen-bond donors (Lipinski definition) is 0. The molecule has 1 aliphatic heterocycles. The van der Waals surface area contributed by atoms with Crippen LogP contribution in [0.5, 0.6) is 0 Å². The molecule has 0 unspecified atom stereocenters. The molecule has 1 saturated heterocycles. The molecule has 1 aliphatic rings. The number of amides is 1. The molecule has 0 saturated carbocycles. The molecule has 0 atom stereocenters. The molecular weight excluding hydrogens is 218 g/mol. The van der Waals surface area contributed by atoms with Crippen LogP contribution >= 0.6 is 0 Å². The van der Waals surface area contributed by atoms with E-state index in [0.29, 0.717) is 13.1 Å². The zero-order chi connectivity index (χ0) is 12.5. The summed E-state index contributed by atoms with van der Waals surface area (Å²) in [5.74, 6) is 1.04. The van der Waals surface area contributed by atoms with Crippen molar-refractivity contribution in [3.8, 4) is 0 Å². The van der Waals surface area contributed by atoms with E-state index in [1.807, 2.05) is 20.8 Å². The fourth-order valence-corrected chi connectivity index (χ4v) is 1.64. The summed E-state index contributed by atoms with van der Waals surface area (Å²) in [5.41, 5.74) is -0.439. The van der Waals surface area contributed by atoms with Gasteiger partial charge in [-0.1, -0.05) is 0 Å². The van der Waals surface area contributed by atoms with Crippen molar-refractivity contribution in [1.82, 2.24) is 14.9 Å². The van der Waals surface area contributed by atoms with E-state index in [-0.39, 0.29) is 12.0 Å². The molecule has 2 heterocycles. The van der Waals surface area contributed by atoms with Crippen molar-refractivity contribution in [1.29, 1.82) is 0 Å². The van der Waals surface area contributed by atoms with Crippen LogP contribution in [-0.2, 0) is 4.74 Å². The maximum Gasteiger partial charge on any atom is 0.410 e. The van der Waals surface area contributed by atoms with E-state index in [4.69, 9.17) is 4.74 Å². The standard InChI is InChI=1S/C12H17N3O2/c1-12(2,3)17-11(16)15-7-9(8-15)10-13-5-4-6-14-10/h4-6,9H,7-8H2,1-3H3. The molecule has 2 rings (SSSR count). The van der Waals surface area contributed by atoms with Gasteiger partial charge in [-0.25, -0.2) is 14.8 Å². The largest absolute Gasteiger partial charge is 0.444 e. The summed E-state index contributed by atoms with van der Waals surface area (Å²) in [6.45, 7) is 6.87.